The summed E-state index contributed by atoms with van der Waals surface area (Å²) >= 11 is 0. The number of anilines is 4. The minimum Gasteiger partial charge on any atom is -0.494 e. The third-order valence-corrected chi connectivity index (χ3v) is 6.42. The molecule has 1 aliphatic rings. The number of rotatable bonds is 8. The van der Waals surface area contributed by atoms with Gasteiger partial charge in [-0.15, -0.1) is 10.2 Å². The van der Waals surface area contributed by atoms with Crippen molar-refractivity contribution < 1.29 is 9.53 Å². The van der Waals surface area contributed by atoms with Crippen molar-refractivity contribution in [2.45, 2.75) is 18.8 Å². The van der Waals surface area contributed by atoms with Gasteiger partial charge in [-0.3, -0.25) is 9.48 Å². The van der Waals surface area contributed by atoms with Crippen molar-refractivity contribution in [3.05, 3.63) is 60.2 Å². The molecule has 1 amide bonds. The summed E-state index contributed by atoms with van der Waals surface area (Å²) in [5.74, 6) is 2.27. The highest BCUT2D eigenvalue weighted by Gasteiger charge is 2.20. The molecule has 1 saturated heterocycles. The lowest BCUT2D eigenvalue weighted by Gasteiger charge is -2.22. The van der Waals surface area contributed by atoms with Crippen molar-refractivity contribution in [3.63, 3.8) is 0 Å². The maximum atomic E-state index is 12.6. The second-order valence-electron chi connectivity index (χ2n) is 8.95. The number of carbonyl (C=O) groups excluding carboxylic acids is 1. The van der Waals surface area contributed by atoms with Crippen LogP contribution in [0.3, 0.4) is 0 Å². The fraction of sp³-hybridized carbons (Fsp3) is 0.308. The maximum Gasteiger partial charge on any atom is 0.273 e. The standard InChI is InChI=1S/C26H30N10O2/c1-27-26(37)23-20(31-19-6-4-5-18(24(19)38-3)25-30-15-36(2)35-25)13-22(33-34-23)32-21-8-7-17(14-29-21)16-9-11-28-12-10-16/h4-8,13-16,28H,9-12H2,1-3H3,(H,27,37)(H2,29,31,32,33). The molecule has 1 aliphatic heterocycles. The van der Waals surface area contributed by atoms with Gasteiger partial charge in [-0.2, -0.15) is 5.10 Å². The van der Waals surface area contributed by atoms with E-state index in [1.54, 1.807) is 38.3 Å². The predicted molar refractivity (Wildman–Crippen MR) is 144 cm³/mol. The zero-order chi connectivity index (χ0) is 26.5. The first-order valence-corrected chi connectivity index (χ1v) is 12.4. The first kappa shape index (κ1) is 25.1. The number of aromatic nitrogens is 6. The molecule has 12 heteroatoms. The fourth-order valence-corrected chi connectivity index (χ4v) is 4.48. The highest BCUT2D eigenvalue weighted by atomic mass is 16.5. The molecule has 3 aromatic heterocycles. The van der Waals surface area contributed by atoms with Gasteiger partial charge in [0.1, 0.15) is 12.1 Å². The Balaban J connectivity index is 1.43. The number of nitrogens with zero attached hydrogens (tertiary/aromatic N) is 6. The van der Waals surface area contributed by atoms with E-state index in [9.17, 15) is 4.79 Å². The minimum atomic E-state index is -0.377. The molecular weight excluding hydrogens is 484 g/mol. The lowest BCUT2D eigenvalue weighted by Crippen LogP contribution is -2.26. The van der Waals surface area contributed by atoms with Gasteiger partial charge in [-0.05, 0) is 55.6 Å². The van der Waals surface area contributed by atoms with Gasteiger partial charge in [0.15, 0.2) is 23.1 Å². The molecule has 4 heterocycles. The number of nitrogens with one attached hydrogen (secondary N) is 4. The summed E-state index contributed by atoms with van der Waals surface area (Å²) in [4.78, 5) is 21.5. The largest absolute Gasteiger partial charge is 0.494 e. The van der Waals surface area contributed by atoms with Crippen LogP contribution < -0.4 is 26.0 Å². The smallest absolute Gasteiger partial charge is 0.273 e. The normalized spacial score (nSPS) is 13.7. The highest BCUT2D eigenvalue weighted by Crippen LogP contribution is 2.37. The van der Waals surface area contributed by atoms with Crippen molar-refractivity contribution in [2.75, 3.05) is 37.9 Å². The number of pyridine rings is 1. The second-order valence-corrected chi connectivity index (χ2v) is 8.95. The molecule has 196 valence electrons. The van der Waals surface area contributed by atoms with Gasteiger partial charge in [0.2, 0.25) is 0 Å². The number of hydrogen-bond donors (Lipinski definition) is 4. The Kier molecular flexibility index (Phi) is 7.40. The van der Waals surface area contributed by atoms with E-state index in [1.165, 1.54) is 5.56 Å². The van der Waals surface area contributed by atoms with Gasteiger partial charge in [-0.1, -0.05) is 12.1 Å². The molecule has 0 atom stereocenters. The van der Waals surface area contributed by atoms with Crippen LogP contribution in [0.25, 0.3) is 11.4 Å². The van der Waals surface area contributed by atoms with E-state index in [2.05, 4.69) is 52.6 Å². The van der Waals surface area contributed by atoms with Crippen LogP contribution in [0.15, 0.2) is 48.9 Å². The average molecular weight is 515 g/mol. The molecule has 1 fully saturated rings. The molecule has 0 aliphatic carbocycles. The van der Waals surface area contributed by atoms with Gasteiger partial charge in [0, 0.05) is 26.4 Å². The highest BCUT2D eigenvalue weighted by molar-refractivity contribution is 5.99. The molecule has 38 heavy (non-hydrogen) atoms. The number of ether oxygens (including phenoxy) is 1. The molecule has 0 radical (unpaired) electrons. The van der Waals surface area contributed by atoms with Gasteiger partial charge < -0.3 is 26.0 Å². The van der Waals surface area contributed by atoms with Crippen LogP contribution in [0.4, 0.5) is 23.0 Å². The molecule has 5 rings (SSSR count). The molecular formula is C26H30N10O2. The van der Waals surface area contributed by atoms with E-state index in [1.807, 2.05) is 30.5 Å². The fourth-order valence-electron chi connectivity index (χ4n) is 4.48. The minimum absolute atomic E-state index is 0.135. The number of carbonyl (C=O) groups is 1. The van der Waals surface area contributed by atoms with Crippen LogP contribution in [-0.4, -0.2) is 63.1 Å². The quantitative estimate of drug-likeness (QED) is 0.277. The summed E-state index contributed by atoms with van der Waals surface area (Å²) < 4.78 is 7.33. The van der Waals surface area contributed by atoms with Gasteiger partial charge in [0.05, 0.1) is 24.0 Å². The molecule has 0 spiro atoms. The molecule has 12 nitrogen and oxygen atoms in total. The Morgan fingerprint density at radius 3 is 2.58 bits per heavy atom. The van der Waals surface area contributed by atoms with E-state index >= 15 is 0 Å². The lowest BCUT2D eigenvalue weighted by atomic mass is 9.91. The SMILES string of the molecule is CNC(=O)c1nnc(Nc2ccc(C3CCNCC3)cn2)cc1Nc1cccc(-c2ncn(C)n2)c1OC. The van der Waals surface area contributed by atoms with Gasteiger partial charge in [0.25, 0.3) is 5.91 Å². The molecule has 4 aromatic rings. The summed E-state index contributed by atoms with van der Waals surface area (Å²) in [6.07, 6.45) is 5.75. The summed E-state index contributed by atoms with van der Waals surface area (Å²) in [5, 5.41) is 25.2. The number of piperidine rings is 1. The Morgan fingerprint density at radius 2 is 1.89 bits per heavy atom. The molecule has 0 bridgehead atoms. The van der Waals surface area contributed by atoms with Crippen LogP contribution in [0.1, 0.15) is 34.8 Å². The number of benzene rings is 1. The molecule has 4 N–H and O–H groups in total. The van der Waals surface area contributed by atoms with Crippen LogP contribution in [0.5, 0.6) is 5.75 Å². The number of hydrogen-bond acceptors (Lipinski definition) is 10. The molecule has 0 unspecified atom stereocenters. The van der Waals surface area contributed by atoms with Crippen molar-refractivity contribution in [1.82, 2.24) is 40.6 Å². The summed E-state index contributed by atoms with van der Waals surface area (Å²) in [6, 6.07) is 11.3. The predicted octanol–water partition coefficient (Wildman–Crippen LogP) is 2.99. The monoisotopic (exact) mass is 514 g/mol. The van der Waals surface area contributed by atoms with E-state index in [-0.39, 0.29) is 11.6 Å². The Hall–Kier alpha value is -4.58. The average Bonchev–Trinajstić information content (AvgIpc) is 3.39. The Labute approximate surface area is 220 Å². The third kappa shape index (κ3) is 5.39. The van der Waals surface area contributed by atoms with Crippen molar-refractivity contribution in [3.8, 4) is 17.1 Å². The lowest BCUT2D eigenvalue weighted by molar-refractivity contribution is 0.0958. The van der Waals surface area contributed by atoms with Crippen LogP contribution in [-0.2, 0) is 7.05 Å². The maximum absolute atomic E-state index is 12.6. The summed E-state index contributed by atoms with van der Waals surface area (Å²) in [5.41, 5.74) is 3.13. The van der Waals surface area contributed by atoms with E-state index in [4.69, 9.17) is 4.74 Å². The van der Waals surface area contributed by atoms with Gasteiger partial charge in [-0.25, -0.2) is 9.97 Å². The van der Waals surface area contributed by atoms with Crippen LogP contribution in [0, 0.1) is 0 Å². The summed E-state index contributed by atoms with van der Waals surface area (Å²) in [7, 11) is 4.92. The number of para-hydroxylation sites is 1. The summed E-state index contributed by atoms with van der Waals surface area (Å²) in [6.45, 7) is 2.06. The Bertz CT molecular complexity index is 1410. The van der Waals surface area contributed by atoms with Crippen LogP contribution >= 0.6 is 0 Å². The molecule has 0 saturated carbocycles. The van der Waals surface area contributed by atoms with Crippen molar-refractivity contribution in [1.29, 1.82) is 0 Å². The number of amides is 1. The first-order valence-electron chi connectivity index (χ1n) is 12.4. The van der Waals surface area contributed by atoms with Crippen LogP contribution in [0.2, 0.25) is 0 Å². The zero-order valence-corrected chi connectivity index (χ0v) is 21.5. The van der Waals surface area contributed by atoms with Crippen molar-refractivity contribution >= 4 is 28.9 Å². The van der Waals surface area contributed by atoms with E-state index in [0.717, 1.165) is 25.9 Å². The Morgan fingerprint density at radius 1 is 1.05 bits per heavy atom. The topological polar surface area (TPSA) is 144 Å². The third-order valence-electron chi connectivity index (χ3n) is 6.42. The second kappa shape index (κ2) is 11.2. The zero-order valence-electron chi connectivity index (χ0n) is 21.5. The van der Waals surface area contributed by atoms with E-state index < -0.39 is 0 Å². The van der Waals surface area contributed by atoms with E-state index in [0.29, 0.717) is 46.1 Å². The first-order chi connectivity index (χ1) is 18.6. The van der Waals surface area contributed by atoms with Crippen molar-refractivity contribution in [2.24, 2.45) is 7.05 Å². The number of aryl methyl sites for hydroxylation is 1. The number of methoxy groups -OCH3 is 1. The van der Waals surface area contributed by atoms with Gasteiger partial charge >= 0.3 is 0 Å². The molecule has 1 aromatic carbocycles.